The molecule has 3 N–H and O–H groups in total. The number of rotatable bonds is 5. The Morgan fingerprint density at radius 3 is 2.11 bits per heavy atom. The predicted octanol–water partition coefficient (Wildman–Crippen LogP) is 4.14. The smallest absolute Gasteiger partial charge is 0.176 e. The van der Waals surface area contributed by atoms with E-state index in [9.17, 15) is 13.5 Å². The minimum absolute atomic E-state index is 0.161. The van der Waals surface area contributed by atoms with Crippen molar-refractivity contribution in [2.75, 3.05) is 6.26 Å². The van der Waals surface area contributed by atoms with Crippen LogP contribution in [-0.4, -0.2) is 19.8 Å². The highest BCUT2D eigenvalue weighted by Crippen LogP contribution is 2.33. The Kier molecular flexibility index (Phi) is 5.67. The third-order valence-electron chi connectivity index (χ3n) is 4.43. The van der Waals surface area contributed by atoms with Crippen LogP contribution in [0.4, 0.5) is 0 Å². The Balaban J connectivity index is 2.03. The molecule has 3 rings (SSSR count). The van der Waals surface area contributed by atoms with Crippen molar-refractivity contribution in [2.45, 2.75) is 17.0 Å². The largest absolute Gasteiger partial charge is 0.386 e. The fraction of sp³-hybridized carbons (Fsp3) is 0.143. The molecule has 0 heterocycles. The molecule has 0 aliphatic carbocycles. The van der Waals surface area contributed by atoms with Crippen LogP contribution >= 0.6 is 11.6 Å². The molecule has 3 aromatic carbocycles. The maximum absolute atomic E-state index is 12.4. The minimum atomic E-state index is -3.50. The van der Waals surface area contributed by atoms with Gasteiger partial charge in [0.25, 0.3) is 0 Å². The van der Waals surface area contributed by atoms with E-state index in [1.807, 2.05) is 30.3 Å². The lowest BCUT2D eigenvalue weighted by atomic mass is 9.95. The Bertz CT molecular complexity index is 1030. The molecule has 0 fully saturated rings. The number of hydrogen-bond acceptors (Lipinski definition) is 4. The van der Waals surface area contributed by atoms with E-state index in [1.54, 1.807) is 36.4 Å². The summed E-state index contributed by atoms with van der Waals surface area (Å²) in [6.45, 7) is 0. The van der Waals surface area contributed by atoms with E-state index in [0.29, 0.717) is 21.7 Å². The first-order chi connectivity index (χ1) is 12.8. The number of hydrogen-bond donors (Lipinski definition) is 2. The van der Waals surface area contributed by atoms with Crippen LogP contribution in [0, 0.1) is 0 Å². The fourth-order valence-electron chi connectivity index (χ4n) is 2.96. The first kappa shape index (κ1) is 19.6. The monoisotopic (exact) mass is 401 g/mol. The summed E-state index contributed by atoms with van der Waals surface area (Å²) < 4.78 is 24.7. The lowest BCUT2D eigenvalue weighted by Gasteiger charge is -2.21. The number of sulfone groups is 1. The topological polar surface area (TPSA) is 80.4 Å². The van der Waals surface area contributed by atoms with Crippen molar-refractivity contribution in [3.05, 3.63) is 88.9 Å². The molecule has 0 aliphatic heterocycles. The summed E-state index contributed by atoms with van der Waals surface area (Å²) in [4.78, 5) is 0.161. The highest BCUT2D eigenvalue weighted by Gasteiger charge is 2.22. The first-order valence-corrected chi connectivity index (χ1v) is 10.6. The fourth-order valence-corrected chi connectivity index (χ4v) is 4.02. The van der Waals surface area contributed by atoms with Gasteiger partial charge < -0.3 is 10.8 Å². The van der Waals surface area contributed by atoms with Gasteiger partial charge in [0.1, 0.15) is 0 Å². The second-order valence-corrected chi connectivity index (χ2v) is 8.84. The Morgan fingerprint density at radius 2 is 1.52 bits per heavy atom. The van der Waals surface area contributed by atoms with Gasteiger partial charge in [0.05, 0.1) is 17.0 Å². The zero-order valence-corrected chi connectivity index (χ0v) is 16.3. The van der Waals surface area contributed by atoms with Gasteiger partial charge in [0.2, 0.25) is 0 Å². The van der Waals surface area contributed by atoms with Gasteiger partial charge in [0.15, 0.2) is 9.84 Å². The van der Waals surface area contributed by atoms with Gasteiger partial charge >= 0.3 is 0 Å². The number of halogens is 1. The summed E-state index contributed by atoms with van der Waals surface area (Å²) in [5, 5.41) is 11.3. The van der Waals surface area contributed by atoms with Crippen molar-refractivity contribution in [1.29, 1.82) is 0 Å². The van der Waals surface area contributed by atoms with Crippen molar-refractivity contribution < 1.29 is 13.5 Å². The van der Waals surface area contributed by atoms with Gasteiger partial charge in [-0.3, -0.25) is 0 Å². The molecule has 0 aliphatic rings. The molecule has 2 atom stereocenters. The zero-order valence-electron chi connectivity index (χ0n) is 14.7. The van der Waals surface area contributed by atoms with Crippen LogP contribution in [0.15, 0.2) is 77.7 Å². The molecule has 0 bridgehead atoms. The summed E-state index contributed by atoms with van der Waals surface area (Å²) in [5.74, 6) is 0. The van der Waals surface area contributed by atoms with Gasteiger partial charge in [-0.25, -0.2) is 8.42 Å². The lowest BCUT2D eigenvalue weighted by Crippen LogP contribution is -2.20. The van der Waals surface area contributed by atoms with Gasteiger partial charge in [-0.15, -0.1) is 0 Å². The molecule has 27 heavy (non-hydrogen) atoms. The van der Waals surface area contributed by atoms with Crippen molar-refractivity contribution in [3.8, 4) is 11.1 Å². The summed E-state index contributed by atoms with van der Waals surface area (Å²) >= 11 is 5.89. The van der Waals surface area contributed by atoms with Gasteiger partial charge in [0, 0.05) is 16.8 Å². The normalized spacial score (nSPS) is 13.9. The van der Waals surface area contributed by atoms with Gasteiger partial charge in [-0.1, -0.05) is 66.2 Å². The number of benzene rings is 3. The van der Waals surface area contributed by atoms with Crippen molar-refractivity contribution in [3.63, 3.8) is 0 Å². The lowest BCUT2D eigenvalue weighted by molar-refractivity contribution is 0.147. The first-order valence-electron chi connectivity index (χ1n) is 8.36. The molecule has 0 spiro atoms. The standard InChI is InChI=1S/C21H20ClNO3S/c1-27(25,26)19-13-16(9-12-18(19)14-5-3-2-4-6-14)21(24)20(23)15-7-10-17(22)11-8-15/h2-13,20-21,24H,23H2,1H3. The van der Waals surface area contributed by atoms with Crippen LogP contribution < -0.4 is 5.73 Å². The third-order valence-corrected chi connectivity index (χ3v) is 5.82. The van der Waals surface area contributed by atoms with Crippen LogP contribution in [0.25, 0.3) is 11.1 Å². The van der Waals surface area contributed by atoms with Gasteiger partial charge in [-0.05, 0) is 34.9 Å². The number of nitrogens with two attached hydrogens (primary N) is 1. The van der Waals surface area contributed by atoms with E-state index in [4.69, 9.17) is 17.3 Å². The van der Waals surface area contributed by atoms with Crippen LogP contribution in [0.1, 0.15) is 23.3 Å². The minimum Gasteiger partial charge on any atom is -0.386 e. The number of aliphatic hydroxyl groups excluding tert-OH is 1. The Hall–Kier alpha value is -2.18. The van der Waals surface area contributed by atoms with Crippen LogP contribution in [0.3, 0.4) is 0 Å². The summed E-state index contributed by atoms with van der Waals surface area (Å²) in [6, 6.07) is 20.3. The quantitative estimate of drug-likeness (QED) is 0.673. The summed E-state index contributed by atoms with van der Waals surface area (Å²) in [5.41, 5.74) is 8.72. The van der Waals surface area contributed by atoms with E-state index in [1.165, 1.54) is 6.07 Å². The average molecular weight is 402 g/mol. The number of aliphatic hydroxyl groups is 1. The molecular formula is C21H20ClNO3S. The average Bonchev–Trinajstić information content (AvgIpc) is 2.67. The molecule has 6 heteroatoms. The molecule has 0 aromatic heterocycles. The molecule has 140 valence electrons. The molecular weight excluding hydrogens is 382 g/mol. The van der Waals surface area contributed by atoms with E-state index in [0.717, 1.165) is 11.8 Å². The molecule has 0 amide bonds. The van der Waals surface area contributed by atoms with Crippen molar-refractivity contribution in [1.82, 2.24) is 0 Å². The SMILES string of the molecule is CS(=O)(=O)c1cc(C(O)C(N)c2ccc(Cl)cc2)ccc1-c1ccccc1. The second kappa shape index (κ2) is 7.82. The van der Waals surface area contributed by atoms with Crippen LogP contribution in [0.5, 0.6) is 0 Å². The van der Waals surface area contributed by atoms with Crippen molar-refractivity contribution in [2.24, 2.45) is 5.73 Å². The molecule has 3 aromatic rings. The molecule has 2 unspecified atom stereocenters. The highest BCUT2D eigenvalue weighted by atomic mass is 35.5. The van der Waals surface area contributed by atoms with Gasteiger partial charge in [-0.2, -0.15) is 0 Å². The van der Waals surface area contributed by atoms with E-state index < -0.39 is 22.0 Å². The highest BCUT2D eigenvalue weighted by molar-refractivity contribution is 7.90. The zero-order chi connectivity index (χ0) is 19.6. The van der Waals surface area contributed by atoms with E-state index >= 15 is 0 Å². The maximum atomic E-state index is 12.4. The second-order valence-electron chi connectivity index (χ2n) is 6.42. The molecule has 4 nitrogen and oxygen atoms in total. The molecule has 0 radical (unpaired) electrons. The summed E-state index contributed by atoms with van der Waals surface area (Å²) in [7, 11) is -3.50. The van der Waals surface area contributed by atoms with E-state index in [-0.39, 0.29) is 4.90 Å². The molecule has 0 saturated heterocycles. The van der Waals surface area contributed by atoms with Crippen LogP contribution in [0.2, 0.25) is 5.02 Å². The van der Waals surface area contributed by atoms with E-state index in [2.05, 4.69) is 0 Å². The molecule has 0 saturated carbocycles. The van der Waals surface area contributed by atoms with Crippen molar-refractivity contribution >= 4 is 21.4 Å². The predicted molar refractivity (Wildman–Crippen MR) is 108 cm³/mol. The third kappa shape index (κ3) is 4.39. The van der Waals surface area contributed by atoms with Crippen LogP contribution in [-0.2, 0) is 9.84 Å². The Labute approximate surface area is 164 Å². The maximum Gasteiger partial charge on any atom is 0.176 e. The summed E-state index contributed by atoms with van der Waals surface area (Å²) in [6.07, 6.45) is 0.0980. The Morgan fingerprint density at radius 1 is 0.926 bits per heavy atom.